The van der Waals surface area contributed by atoms with Crippen molar-refractivity contribution in [3.8, 4) is 5.75 Å². The predicted octanol–water partition coefficient (Wildman–Crippen LogP) is 1.94. The number of Topliss-reactive ketones (excluding diaryl/α,β-unsaturated/α-hetero) is 1. The highest BCUT2D eigenvalue weighted by molar-refractivity contribution is 6.00. The van der Waals surface area contributed by atoms with Gasteiger partial charge in [0, 0.05) is 10.5 Å². The highest BCUT2D eigenvalue weighted by atomic mass is 16.5. The van der Waals surface area contributed by atoms with Crippen molar-refractivity contribution in [3.63, 3.8) is 0 Å². The summed E-state index contributed by atoms with van der Waals surface area (Å²) in [5.41, 5.74) is 8.70. The number of hydrogen-bond donors (Lipinski definition) is 1. The molecule has 17 heavy (non-hydrogen) atoms. The molecule has 0 aliphatic heterocycles. The molecular weight excluding hydrogens is 222 g/mol. The van der Waals surface area contributed by atoms with Crippen LogP contribution < -0.4 is 4.74 Å². The number of methoxy groups -OCH3 is 1. The summed E-state index contributed by atoms with van der Waals surface area (Å²) in [4.78, 5) is 14.5. The molecule has 0 fully saturated rings. The summed E-state index contributed by atoms with van der Waals surface area (Å²) in [6.07, 6.45) is -1.03. The smallest absolute Gasteiger partial charge is 0.174 e. The van der Waals surface area contributed by atoms with Crippen LogP contribution in [0.1, 0.15) is 17.3 Å². The first kappa shape index (κ1) is 13.0. The molecule has 6 nitrogen and oxygen atoms in total. The van der Waals surface area contributed by atoms with E-state index >= 15 is 0 Å². The Kier molecular flexibility index (Phi) is 4.51. The number of nitrogens with zero attached hydrogens (tertiary/aromatic N) is 3. The van der Waals surface area contributed by atoms with Gasteiger partial charge in [0.25, 0.3) is 0 Å². The third-order valence-electron chi connectivity index (χ3n) is 2.28. The zero-order valence-electron chi connectivity index (χ0n) is 9.57. The Morgan fingerprint density at radius 2 is 2.06 bits per heavy atom. The van der Waals surface area contributed by atoms with E-state index in [-0.39, 0.29) is 0 Å². The average Bonchev–Trinajstić information content (AvgIpc) is 2.35. The molecule has 1 aromatic carbocycles. The third-order valence-corrected chi connectivity index (χ3v) is 2.28. The fraction of sp³-hybridized carbons (Fsp3) is 0.364. The first-order valence-electron chi connectivity index (χ1n) is 5.00. The van der Waals surface area contributed by atoms with Crippen molar-refractivity contribution >= 4 is 5.78 Å². The van der Waals surface area contributed by atoms with Crippen LogP contribution >= 0.6 is 0 Å². The zero-order valence-corrected chi connectivity index (χ0v) is 9.57. The summed E-state index contributed by atoms with van der Waals surface area (Å²) in [5, 5.41) is 12.7. The van der Waals surface area contributed by atoms with Gasteiger partial charge in [-0.3, -0.25) is 4.79 Å². The van der Waals surface area contributed by atoms with Gasteiger partial charge < -0.3 is 9.84 Å². The van der Waals surface area contributed by atoms with Gasteiger partial charge in [-0.05, 0) is 36.7 Å². The maximum Gasteiger partial charge on any atom is 0.174 e. The maximum absolute atomic E-state index is 11.9. The van der Waals surface area contributed by atoms with E-state index in [0.717, 1.165) is 0 Å². The van der Waals surface area contributed by atoms with Crippen LogP contribution in [0.4, 0.5) is 0 Å². The summed E-state index contributed by atoms with van der Waals surface area (Å²) in [6, 6.07) is 5.27. The summed E-state index contributed by atoms with van der Waals surface area (Å²) >= 11 is 0. The van der Waals surface area contributed by atoms with Gasteiger partial charge in [-0.15, -0.1) is 0 Å². The molecular formula is C11H13N3O3. The summed E-state index contributed by atoms with van der Waals surface area (Å²) < 4.78 is 4.96. The number of ketones is 1. The van der Waals surface area contributed by atoms with E-state index in [0.29, 0.717) is 11.3 Å². The number of aliphatic hydroxyl groups is 1. The number of hydrogen-bond acceptors (Lipinski definition) is 4. The quantitative estimate of drug-likeness (QED) is 0.365. The summed E-state index contributed by atoms with van der Waals surface area (Å²) in [6.45, 7) is 1.40. The Balaban J connectivity index is 2.97. The normalized spacial score (nSPS) is 13.4. The van der Waals surface area contributed by atoms with Crippen molar-refractivity contribution in [2.24, 2.45) is 5.11 Å². The van der Waals surface area contributed by atoms with Crippen LogP contribution in [-0.4, -0.2) is 30.1 Å². The molecule has 2 atom stereocenters. The van der Waals surface area contributed by atoms with E-state index in [1.165, 1.54) is 14.0 Å². The molecule has 0 spiro atoms. The third kappa shape index (κ3) is 3.21. The largest absolute Gasteiger partial charge is 0.497 e. The summed E-state index contributed by atoms with van der Waals surface area (Å²) in [5.74, 6) is 0.208. The van der Waals surface area contributed by atoms with Crippen LogP contribution in [0.5, 0.6) is 5.75 Å². The highest BCUT2D eigenvalue weighted by Gasteiger charge is 2.23. The second kappa shape index (κ2) is 5.89. The molecule has 1 rings (SSSR count). The number of rotatable bonds is 5. The Labute approximate surface area is 98.5 Å². The van der Waals surface area contributed by atoms with Gasteiger partial charge in [0.1, 0.15) is 11.8 Å². The molecule has 0 aromatic heterocycles. The van der Waals surface area contributed by atoms with Crippen LogP contribution in [0.15, 0.2) is 29.4 Å². The summed E-state index contributed by atoms with van der Waals surface area (Å²) in [7, 11) is 1.52. The lowest BCUT2D eigenvalue weighted by Crippen LogP contribution is -2.29. The Hall–Kier alpha value is -2.04. The monoisotopic (exact) mass is 235 g/mol. The lowest BCUT2D eigenvalue weighted by Gasteiger charge is -2.12. The number of ether oxygens (including phenoxy) is 1. The van der Waals surface area contributed by atoms with Crippen LogP contribution in [0.2, 0.25) is 0 Å². The predicted molar refractivity (Wildman–Crippen MR) is 61.9 cm³/mol. The fourth-order valence-corrected chi connectivity index (χ4v) is 1.35. The number of aliphatic hydroxyl groups excluding tert-OH is 1. The Bertz CT molecular complexity index is 436. The van der Waals surface area contributed by atoms with Crippen molar-refractivity contribution < 1.29 is 14.6 Å². The SMILES string of the molecule is COc1ccc(C(=O)[C@@H](N=[N+]=[N-])[C@H](C)O)cc1. The van der Waals surface area contributed by atoms with Gasteiger partial charge in [0.2, 0.25) is 0 Å². The maximum atomic E-state index is 11.9. The van der Waals surface area contributed by atoms with Crippen molar-refractivity contribution in [1.82, 2.24) is 0 Å². The minimum atomic E-state index is -1.10. The average molecular weight is 235 g/mol. The molecule has 0 bridgehead atoms. The van der Waals surface area contributed by atoms with Crippen LogP contribution in [0.3, 0.4) is 0 Å². The first-order chi connectivity index (χ1) is 8.10. The van der Waals surface area contributed by atoms with Crippen LogP contribution in [0.25, 0.3) is 10.4 Å². The van der Waals surface area contributed by atoms with Gasteiger partial charge in [0.15, 0.2) is 5.78 Å². The molecule has 0 heterocycles. The lowest BCUT2D eigenvalue weighted by molar-refractivity contribution is 0.0848. The molecule has 0 unspecified atom stereocenters. The number of carbonyl (C=O) groups is 1. The minimum Gasteiger partial charge on any atom is -0.497 e. The van der Waals surface area contributed by atoms with Crippen molar-refractivity contribution in [1.29, 1.82) is 0 Å². The molecule has 1 aromatic rings. The first-order valence-corrected chi connectivity index (χ1v) is 5.00. The zero-order chi connectivity index (χ0) is 12.8. The molecule has 90 valence electrons. The molecule has 0 saturated heterocycles. The van der Waals surface area contributed by atoms with Gasteiger partial charge in [0.05, 0.1) is 13.2 Å². The second-order valence-electron chi connectivity index (χ2n) is 3.48. The lowest BCUT2D eigenvalue weighted by atomic mass is 10.0. The molecule has 0 radical (unpaired) electrons. The molecule has 6 heteroatoms. The van der Waals surface area contributed by atoms with E-state index in [9.17, 15) is 9.90 Å². The van der Waals surface area contributed by atoms with Crippen molar-refractivity contribution in [2.45, 2.75) is 19.1 Å². The standard InChI is InChI=1S/C11H13N3O3/c1-7(15)10(13-14-12)11(16)8-3-5-9(17-2)6-4-8/h3-7,10,15H,1-2H3/t7-,10-/m0/s1. The molecule has 0 saturated carbocycles. The number of carbonyl (C=O) groups excluding carboxylic acids is 1. The van der Waals surface area contributed by atoms with Gasteiger partial charge >= 0.3 is 0 Å². The van der Waals surface area contributed by atoms with E-state index in [1.807, 2.05) is 0 Å². The molecule has 1 N–H and O–H groups in total. The Morgan fingerprint density at radius 1 is 1.47 bits per heavy atom. The second-order valence-corrected chi connectivity index (χ2v) is 3.48. The van der Waals surface area contributed by atoms with E-state index < -0.39 is 17.9 Å². The minimum absolute atomic E-state index is 0.365. The fourth-order valence-electron chi connectivity index (χ4n) is 1.35. The number of benzene rings is 1. The van der Waals surface area contributed by atoms with Crippen LogP contribution in [-0.2, 0) is 0 Å². The van der Waals surface area contributed by atoms with E-state index in [1.54, 1.807) is 24.3 Å². The van der Waals surface area contributed by atoms with Crippen molar-refractivity contribution in [2.75, 3.05) is 7.11 Å². The van der Waals surface area contributed by atoms with Gasteiger partial charge in [-0.25, -0.2) is 0 Å². The van der Waals surface area contributed by atoms with Crippen LogP contribution in [0, 0.1) is 0 Å². The Morgan fingerprint density at radius 3 is 2.47 bits per heavy atom. The van der Waals surface area contributed by atoms with Gasteiger partial charge in [-0.1, -0.05) is 5.11 Å². The van der Waals surface area contributed by atoms with E-state index in [4.69, 9.17) is 10.3 Å². The van der Waals surface area contributed by atoms with Gasteiger partial charge in [-0.2, -0.15) is 0 Å². The van der Waals surface area contributed by atoms with E-state index in [2.05, 4.69) is 10.0 Å². The molecule has 0 aliphatic rings. The number of azide groups is 1. The van der Waals surface area contributed by atoms with Crippen molar-refractivity contribution in [3.05, 3.63) is 40.3 Å². The molecule has 0 aliphatic carbocycles. The molecule has 0 amide bonds. The topological polar surface area (TPSA) is 95.3 Å². The highest BCUT2D eigenvalue weighted by Crippen LogP contribution is 2.15.